The molecule has 1 N–H and O–H groups in total. The number of rotatable bonds is 10. The van der Waals surface area contributed by atoms with Crippen LogP contribution in [0, 0.1) is 10.1 Å². The normalized spacial score (nSPS) is 14.3. The molecule has 3 aromatic rings. The number of hydrogen-bond acceptors (Lipinski definition) is 6. The number of nitro benzene ring substituents is 1. The molecular formula is C26H26N4O5S. The average Bonchev–Trinajstić information content (AvgIpc) is 3.43. The summed E-state index contributed by atoms with van der Waals surface area (Å²) in [7, 11) is 0. The number of nitrogens with one attached hydrogen (secondary N) is 1. The van der Waals surface area contributed by atoms with Gasteiger partial charge in [-0.3, -0.25) is 19.8 Å². The van der Waals surface area contributed by atoms with E-state index in [1.165, 1.54) is 17.0 Å². The zero-order chi connectivity index (χ0) is 25.7. The van der Waals surface area contributed by atoms with E-state index >= 15 is 0 Å². The van der Waals surface area contributed by atoms with Crippen LogP contribution in [0.5, 0.6) is 11.5 Å². The molecular weight excluding hydrogens is 480 g/mol. The van der Waals surface area contributed by atoms with Gasteiger partial charge in [0.25, 0.3) is 11.6 Å². The molecule has 0 unspecified atom stereocenters. The molecule has 0 saturated carbocycles. The molecule has 36 heavy (non-hydrogen) atoms. The van der Waals surface area contributed by atoms with Crippen molar-refractivity contribution in [1.82, 2.24) is 14.8 Å². The fourth-order valence-electron chi connectivity index (χ4n) is 3.90. The molecule has 0 spiro atoms. The summed E-state index contributed by atoms with van der Waals surface area (Å²) in [6, 6.07) is 15.7. The van der Waals surface area contributed by atoms with Crippen LogP contribution >= 0.6 is 12.2 Å². The Hall–Kier alpha value is -4.18. The Balaban J connectivity index is 1.48. The Labute approximate surface area is 214 Å². The minimum atomic E-state index is -0.441. The smallest absolute Gasteiger partial charge is 0.276 e. The van der Waals surface area contributed by atoms with Gasteiger partial charge < -0.3 is 19.4 Å². The summed E-state index contributed by atoms with van der Waals surface area (Å²) in [5.41, 5.74) is 2.85. The topological polar surface area (TPSA) is 98.9 Å². The van der Waals surface area contributed by atoms with Gasteiger partial charge in [0.2, 0.25) is 0 Å². The molecule has 2 heterocycles. The minimum absolute atomic E-state index is 0.0142. The highest BCUT2D eigenvalue weighted by molar-refractivity contribution is 7.80. The first-order chi connectivity index (χ1) is 17.4. The SMILES string of the molecule is CCOc1ccc(CCN2C(=O)/C(=C\c3cccn3-c3ccc([N+](=O)[O-])cc3)NC2=S)cc1OCC. The van der Waals surface area contributed by atoms with Crippen LogP contribution in [0.1, 0.15) is 25.1 Å². The zero-order valence-electron chi connectivity index (χ0n) is 20.0. The summed E-state index contributed by atoms with van der Waals surface area (Å²) < 4.78 is 13.2. The monoisotopic (exact) mass is 506 g/mol. The fourth-order valence-corrected chi connectivity index (χ4v) is 4.18. The number of carbonyl (C=O) groups is 1. The molecule has 1 aliphatic heterocycles. The summed E-state index contributed by atoms with van der Waals surface area (Å²) >= 11 is 5.43. The van der Waals surface area contributed by atoms with Gasteiger partial charge in [-0.05, 0) is 80.5 Å². The van der Waals surface area contributed by atoms with E-state index in [9.17, 15) is 14.9 Å². The molecule has 0 aliphatic carbocycles. The van der Waals surface area contributed by atoms with E-state index in [0.717, 1.165) is 16.9 Å². The van der Waals surface area contributed by atoms with Crippen LogP contribution in [0.2, 0.25) is 0 Å². The number of non-ortho nitro benzene ring substituents is 1. The van der Waals surface area contributed by atoms with E-state index in [1.54, 1.807) is 18.2 Å². The first kappa shape index (κ1) is 24.9. The largest absolute Gasteiger partial charge is 0.490 e. The maximum absolute atomic E-state index is 13.1. The van der Waals surface area contributed by atoms with E-state index in [2.05, 4.69) is 5.32 Å². The van der Waals surface area contributed by atoms with Gasteiger partial charge in [-0.1, -0.05) is 6.07 Å². The van der Waals surface area contributed by atoms with Crippen molar-refractivity contribution in [2.24, 2.45) is 0 Å². The van der Waals surface area contributed by atoms with Crippen molar-refractivity contribution in [2.75, 3.05) is 19.8 Å². The van der Waals surface area contributed by atoms with Gasteiger partial charge in [-0.2, -0.15) is 0 Å². The number of carbonyl (C=O) groups excluding carboxylic acids is 1. The lowest BCUT2D eigenvalue weighted by Crippen LogP contribution is -2.32. The summed E-state index contributed by atoms with van der Waals surface area (Å²) in [4.78, 5) is 25.2. The molecule has 2 aromatic carbocycles. The standard InChI is InChI=1S/C26H26N4O5S/c1-3-34-23-12-7-18(16-24(23)35-4-2)13-15-29-25(31)22(27-26(29)36)17-21-6-5-14-28(21)19-8-10-20(11-9-19)30(32)33/h5-12,14,16-17H,3-4,13,15H2,1-2H3,(H,27,36)/b22-17+. The number of aromatic nitrogens is 1. The van der Waals surface area contributed by atoms with E-state index in [1.807, 2.05) is 54.9 Å². The molecule has 10 heteroatoms. The second kappa shape index (κ2) is 11.0. The van der Waals surface area contributed by atoms with Crippen LogP contribution in [0.3, 0.4) is 0 Å². The molecule has 1 aromatic heterocycles. The van der Waals surface area contributed by atoms with Crippen molar-refractivity contribution in [2.45, 2.75) is 20.3 Å². The minimum Gasteiger partial charge on any atom is -0.490 e. The predicted octanol–water partition coefficient (Wildman–Crippen LogP) is 4.48. The lowest BCUT2D eigenvalue weighted by Gasteiger charge is -2.16. The summed E-state index contributed by atoms with van der Waals surface area (Å²) in [5.74, 6) is 1.16. The van der Waals surface area contributed by atoms with E-state index in [0.29, 0.717) is 48.5 Å². The number of benzene rings is 2. The highest BCUT2D eigenvalue weighted by Gasteiger charge is 2.30. The van der Waals surface area contributed by atoms with Crippen molar-refractivity contribution in [3.63, 3.8) is 0 Å². The van der Waals surface area contributed by atoms with Gasteiger partial charge in [0.05, 0.1) is 18.1 Å². The zero-order valence-corrected chi connectivity index (χ0v) is 20.8. The highest BCUT2D eigenvalue weighted by atomic mass is 32.1. The molecule has 9 nitrogen and oxygen atoms in total. The molecule has 1 fully saturated rings. The first-order valence-corrected chi connectivity index (χ1v) is 12.0. The van der Waals surface area contributed by atoms with E-state index < -0.39 is 4.92 Å². The van der Waals surface area contributed by atoms with Gasteiger partial charge >= 0.3 is 0 Å². The maximum atomic E-state index is 13.1. The first-order valence-electron chi connectivity index (χ1n) is 11.6. The van der Waals surface area contributed by atoms with Crippen LogP contribution in [0.15, 0.2) is 66.5 Å². The van der Waals surface area contributed by atoms with Crippen molar-refractivity contribution >= 4 is 35.0 Å². The second-order valence-corrected chi connectivity index (χ2v) is 8.31. The van der Waals surface area contributed by atoms with Gasteiger partial charge in [0.15, 0.2) is 16.6 Å². The number of amides is 1. The molecule has 0 atom stereocenters. The Morgan fingerprint density at radius 3 is 2.47 bits per heavy atom. The van der Waals surface area contributed by atoms with Crippen molar-refractivity contribution < 1.29 is 19.2 Å². The molecule has 4 rings (SSSR count). The van der Waals surface area contributed by atoms with Gasteiger partial charge in [0, 0.05) is 36.3 Å². The van der Waals surface area contributed by atoms with Crippen LogP contribution < -0.4 is 14.8 Å². The molecule has 1 saturated heterocycles. The Morgan fingerprint density at radius 2 is 1.78 bits per heavy atom. The van der Waals surface area contributed by atoms with Gasteiger partial charge in [-0.25, -0.2) is 0 Å². The summed E-state index contributed by atoms with van der Waals surface area (Å²) in [6.45, 7) is 5.32. The number of hydrogen-bond donors (Lipinski definition) is 1. The lowest BCUT2D eigenvalue weighted by molar-refractivity contribution is -0.384. The van der Waals surface area contributed by atoms with Crippen LogP contribution in [-0.4, -0.2) is 45.2 Å². The number of nitro groups is 1. The molecule has 186 valence electrons. The Kier molecular flexibility index (Phi) is 7.65. The quantitative estimate of drug-likeness (QED) is 0.187. The molecule has 1 aliphatic rings. The van der Waals surface area contributed by atoms with Gasteiger partial charge in [0.1, 0.15) is 5.70 Å². The lowest BCUT2D eigenvalue weighted by atomic mass is 10.1. The van der Waals surface area contributed by atoms with E-state index in [4.69, 9.17) is 21.7 Å². The number of ether oxygens (including phenoxy) is 2. The molecule has 0 radical (unpaired) electrons. The van der Waals surface area contributed by atoms with Crippen LogP contribution in [0.25, 0.3) is 11.8 Å². The second-order valence-electron chi connectivity index (χ2n) is 7.92. The van der Waals surface area contributed by atoms with Crippen molar-refractivity contribution in [3.8, 4) is 17.2 Å². The summed E-state index contributed by atoms with van der Waals surface area (Å²) in [6.07, 6.45) is 4.14. The molecule has 1 amide bonds. The van der Waals surface area contributed by atoms with E-state index in [-0.39, 0.29) is 11.6 Å². The third-order valence-electron chi connectivity index (χ3n) is 5.61. The predicted molar refractivity (Wildman–Crippen MR) is 140 cm³/mol. The highest BCUT2D eigenvalue weighted by Crippen LogP contribution is 2.29. The molecule has 0 bridgehead atoms. The summed E-state index contributed by atoms with van der Waals surface area (Å²) in [5, 5.41) is 14.3. The van der Waals surface area contributed by atoms with Gasteiger partial charge in [-0.15, -0.1) is 0 Å². The van der Waals surface area contributed by atoms with Crippen molar-refractivity contribution in [3.05, 3.63) is 87.9 Å². The third kappa shape index (κ3) is 5.38. The third-order valence-corrected chi connectivity index (χ3v) is 5.93. The average molecular weight is 507 g/mol. The van der Waals surface area contributed by atoms with Crippen molar-refractivity contribution in [1.29, 1.82) is 0 Å². The maximum Gasteiger partial charge on any atom is 0.276 e. The fraction of sp³-hybridized carbons (Fsp3) is 0.231. The van der Waals surface area contributed by atoms with Crippen LogP contribution in [0.4, 0.5) is 5.69 Å². The number of thiocarbonyl (C=S) groups is 1. The number of nitrogens with zero attached hydrogens (tertiary/aromatic N) is 3. The van der Waals surface area contributed by atoms with Crippen LogP contribution in [-0.2, 0) is 11.2 Å². The Morgan fingerprint density at radius 1 is 1.06 bits per heavy atom. The Bertz CT molecular complexity index is 1320.